The third-order valence-corrected chi connectivity index (χ3v) is 11.5. The SMILES string of the molecule is [Pt+2].[c-]1c(-c2cccc3c2nc(-c2cccc4c2[n-]c2ccccc24)n3-c2ccccc2)ccc2c3cc(-c4ccncc4)c(-c4ccccc4)cc3n(-c3ccccn3)c12. The zero-order valence-electron chi connectivity index (χ0n) is 32.0. The maximum absolute atomic E-state index is 5.53. The Morgan fingerprint density at radius 1 is 0.483 bits per heavy atom. The van der Waals surface area contributed by atoms with Gasteiger partial charge < -0.3 is 9.55 Å². The molecule has 60 heavy (non-hydrogen) atoms. The van der Waals surface area contributed by atoms with Crippen molar-refractivity contribution in [2.24, 2.45) is 0 Å². The predicted octanol–water partition coefficient (Wildman–Crippen LogP) is 12.6. The van der Waals surface area contributed by atoms with Gasteiger partial charge in [0.25, 0.3) is 0 Å². The van der Waals surface area contributed by atoms with Crippen LogP contribution in [0.2, 0.25) is 0 Å². The number of hydrogen-bond donors (Lipinski definition) is 0. The summed E-state index contributed by atoms with van der Waals surface area (Å²) in [6, 6.07) is 65.4. The van der Waals surface area contributed by atoms with Gasteiger partial charge in [-0.2, -0.15) is 0 Å². The first-order valence-corrected chi connectivity index (χ1v) is 19.7. The third kappa shape index (κ3) is 5.64. The average Bonchev–Trinajstić information content (AvgIpc) is 3.99. The molecule has 0 fully saturated rings. The Morgan fingerprint density at radius 3 is 2.03 bits per heavy atom. The Kier molecular flexibility index (Phi) is 8.61. The maximum atomic E-state index is 5.53. The molecule has 0 spiro atoms. The summed E-state index contributed by atoms with van der Waals surface area (Å²) in [6.07, 6.45) is 5.56. The van der Waals surface area contributed by atoms with Crippen molar-refractivity contribution in [2.75, 3.05) is 0 Å². The molecule has 5 aromatic heterocycles. The molecule has 0 aliphatic carbocycles. The molecule has 0 atom stereocenters. The monoisotopic (exact) mass is 947 g/mol. The molecular formula is C53H32N6Pt. The van der Waals surface area contributed by atoms with Crippen molar-refractivity contribution < 1.29 is 21.1 Å². The minimum Gasteiger partial charge on any atom is -0.656 e. The molecule has 0 aliphatic heterocycles. The van der Waals surface area contributed by atoms with Gasteiger partial charge in [0.05, 0.1) is 11.0 Å². The number of para-hydroxylation sites is 4. The van der Waals surface area contributed by atoms with Crippen LogP contribution in [0.15, 0.2) is 195 Å². The second kappa shape index (κ2) is 14.5. The van der Waals surface area contributed by atoms with E-state index in [1.54, 1.807) is 0 Å². The molecule has 7 heteroatoms. The van der Waals surface area contributed by atoms with E-state index in [0.717, 1.165) is 111 Å². The van der Waals surface area contributed by atoms with Gasteiger partial charge in [0.1, 0.15) is 11.6 Å². The fourth-order valence-corrected chi connectivity index (χ4v) is 8.81. The fraction of sp³-hybridized carbons (Fsp3) is 0. The van der Waals surface area contributed by atoms with E-state index in [0.29, 0.717) is 0 Å². The topological polar surface area (TPSA) is 62.6 Å². The Hall–Kier alpha value is -7.40. The van der Waals surface area contributed by atoms with E-state index in [9.17, 15) is 0 Å². The summed E-state index contributed by atoms with van der Waals surface area (Å²) in [5.74, 6) is 1.67. The van der Waals surface area contributed by atoms with Gasteiger partial charge in [-0.05, 0) is 92.5 Å². The molecule has 12 rings (SSSR count). The molecule has 0 amide bonds. The molecule has 5 heterocycles. The van der Waals surface area contributed by atoms with Crippen molar-refractivity contribution in [1.29, 1.82) is 0 Å². The van der Waals surface area contributed by atoms with Crippen molar-refractivity contribution in [3.8, 4) is 56.3 Å². The van der Waals surface area contributed by atoms with Gasteiger partial charge in [0.2, 0.25) is 0 Å². The number of imidazole rings is 1. The fourth-order valence-electron chi connectivity index (χ4n) is 8.81. The van der Waals surface area contributed by atoms with Crippen molar-refractivity contribution >= 4 is 54.6 Å². The number of aromatic nitrogens is 6. The van der Waals surface area contributed by atoms with Gasteiger partial charge in [0.15, 0.2) is 0 Å². The second-order valence-corrected chi connectivity index (χ2v) is 14.8. The zero-order valence-corrected chi connectivity index (χ0v) is 34.2. The van der Waals surface area contributed by atoms with Gasteiger partial charge in [-0.1, -0.05) is 126 Å². The molecule has 284 valence electrons. The van der Waals surface area contributed by atoms with Crippen LogP contribution in [0.3, 0.4) is 0 Å². The largest absolute Gasteiger partial charge is 2.00 e. The first-order valence-electron chi connectivity index (χ1n) is 19.7. The molecule has 0 saturated carbocycles. The quantitative estimate of drug-likeness (QED) is 0.156. The van der Waals surface area contributed by atoms with E-state index in [1.807, 2.05) is 42.9 Å². The number of nitrogens with zero attached hydrogens (tertiary/aromatic N) is 6. The molecule has 0 aliphatic rings. The van der Waals surface area contributed by atoms with Gasteiger partial charge in [0, 0.05) is 35.4 Å². The molecule has 6 nitrogen and oxygen atoms in total. The van der Waals surface area contributed by atoms with E-state index in [-0.39, 0.29) is 21.1 Å². The summed E-state index contributed by atoms with van der Waals surface area (Å²) in [4.78, 5) is 19.9. The van der Waals surface area contributed by atoms with E-state index in [4.69, 9.17) is 15.0 Å². The molecule has 0 bridgehead atoms. The van der Waals surface area contributed by atoms with Crippen molar-refractivity contribution in [2.45, 2.75) is 0 Å². The summed E-state index contributed by atoms with van der Waals surface area (Å²) < 4.78 is 4.51. The third-order valence-electron chi connectivity index (χ3n) is 11.5. The number of fused-ring (bicyclic) bond motifs is 7. The molecule has 0 saturated heterocycles. The van der Waals surface area contributed by atoms with Crippen molar-refractivity contribution in [3.63, 3.8) is 0 Å². The van der Waals surface area contributed by atoms with Gasteiger partial charge >= 0.3 is 21.1 Å². The number of hydrogen-bond acceptors (Lipinski definition) is 3. The number of benzene rings is 7. The summed E-state index contributed by atoms with van der Waals surface area (Å²) in [5.41, 5.74) is 14.3. The molecule has 0 unspecified atom stereocenters. The molecular weight excluding hydrogens is 916 g/mol. The van der Waals surface area contributed by atoms with Crippen LogP contribution in [0.4, 0.5) is 0 Å². The van der Waals surface area contributed by atoms with Gasteiger partial charge in [-0.25, -0.2) is 9.97 Å². The maximum Gasteiger partial charge on any atom is 2.00 e. The second-order valence-electron chi connectivity index (χ2n) is 14.8. The minimum absolute atomic E-state index is 0. The van der Waals surface area contributed by atoms with Crippen LogP contribution in [0.5, 0.6) is 0 Å². The van der Waals surface area contributed by atoms with Crippen molar-refractivity contribution in [1.82, 2.24) is 29.1 Å². The standard InChI is InChI=1S/C53H32N6.Pt/c1-3-13-34(14-4-1)44-33-49-45(32-43(44)35-26-29-54-30-27-35)40-25-24-36(31-48(40)59(49)50-23-9-10-28-55-50)38-18-12-22-47-52(38)57-53(58(47)37-15-5-2-6-16-37)42-20-11-19-41-39-17-7-8-21-46(39)56-51(41)42;/h1-30,32-33H;/q-2;+2. The predicted molar refractivity (Wildman–Crippen MR) is 240 cm³/mol. The molecule has 7 aromatic carbocycles. The summed E-state index contributed by atoms with van der Waals surface area (Å²) in [6.45, 7) is 0. The van der Waals surface area contributed by atoms with E-state index in [1.165, 1.54) is 0 Å². The smallest absolute Gasteiger partial charge is 0.656 e. The first kappa shape index (κ1) is 35.7. The van der Waals surface area contributed by atoms with Crippen LogP contribution in [0.25, 0.3) is 111 Å². The number of pyridine rings is 2. The van der Waals surface area contributed by atoms with Crippen molar-refractivity contribution in [3.05, 3.63) is 201 Å². The first-order chi connectivity index (χ1) is 29.3. The Bertz CT molecular complexity index is 3540. The zero-order chi connectivity index (χ0) is 38.9. The van der Waals surface area contributed by atoms with E-state index in [2.05, 4.69) is 172 Å². The molecule has 12 aromatic rings. The van der Waals surface area contributed by atoms with Crippen LogP contribution < -0.4 is 4.98 Å². The Morgan fingerprint density at radius 2 is 1.20 bits per heavy atom. The normalized spacial score (nSPS) is 11.5. The Labute approximate surface area is 359 Å². The minimum atomic E-state index is 0. The van der Waals surface area contributed by atoms with Crippen LogP contribution in [-0.2, 0) is 21.1 Å². The molecule has 0 radical (unpaired) electrons. The van der Waals surface area contributed by atoms with Crippen LogP contribution >= 0.6 is 0 Å². The summed E-state index contributed by atoms with van der Waals surface area (Å²) >= 11 is 0. The molecule has 0 N–H and O–H groups in total. The average molecular weight is 948 g/mol. The summed E-state index contributed by atoms with van der Waals surface area (Å²) in [7, 11) is 0. The van der Waals surface area contributed by atoms with Gasteiger partial charge in [-0.3, -0.25) is 9.55 Å². The van der Waals surface area contributed by atoms with Crippen LogP contribution in [-0.4, -0.2) is 24.1 Å². The summed E-state index contributed by atoms with van der Waals surface area (Å²) in [5, 5.41) is 4.47. The van der Waals surface area contributed by atoms with Gasteiger partial charge in [-0.15, -0.1) is 34.8 Å². The Balaban J connectivity index is 0.00000408. The number of rotatable bonds is 6. The van der Waals surface area contributed by atoms with E-state index >= 15 is 0 Å². The van der Waals surface area contributed by atoms with E-state index < -0.39 is 0 Å². The van der Waals surface area contributed by atoms with Crippen LogP contribution in [0, 0.1) is 6.07 Å². The van der Waals surface area contributed by atoms with Crippen LogP contribution in [0.1, 0.15) is 0 Å².